The Balaban J connectivity index is 2.92. The minimum absolute atomic E-state index is 0.364. The number of carbonyl (C=O) groups excluding carboxylic acids is 1. The van der Waals surface area contributed by atoms with E-state index in [2.05, 4.69) is 0 Å². The van der Waals surface area contributed by atoms with E-state index in [9.17, 15) is 13.2 Å². The number of hydrogen-bond acceptors (Lipinski definition) is 4. The van der Waals surface area contributed by atoms with Crippen LogP contribution in [0.2, 0.25) is 0 Å². The van der Waals surface area contributed by atoms with Crippen molar-refractivity contribution in [2.24, 2.45) is 0 Å². The van der Waals surface area contributed by atoms with Gasteiger partial charge in [-0.15, -0.1) is 0 Å². The summed E-state index contributed by atoms with van der Waals surface area (Å²) in [5.41, 5.74) is 7.24. The SMILES string of the molecule is CCCN(Cc1cccc(N)c1)C(=O)C(C)S(C)(=O)=O. The molecule has 20 heavy (non-hydrogen) atoms. The molecule has 1 atom stereocenters. The highest BCUT2D eigenvalue weighted by Gasteiger charge is 2.27. The van der Waals surface area contributed by atoms with Crippen molar-refractivity contribution in [1.82, 2.24) is 4.90 Å². The van der Waals surface area contributed by atoms with Crippen LogP contribution >= 0.6 is 0 Å². The lowest BCUT2D eigenvalue weighted by molar-refractivity contribution is -0.131. The topological polar surface area (TPSA) is 80.5 Å². The molecule has 0 fully saturated rings. The van der Waals surface area contributed by atoms with E-state index >= 15 is 0 Å². The summed E-state index contributed by atoms with van der Waals surface area (Å²) < 4.78 is 23.0. The second-order valence-electron chi connectivity index (χ2n) is 4.98. The number of benzene rings is 1. The van der Waals surface area contributed by atoms with Crippen molar-refractivity contribution in [2.75, 3.05) is 18.5 Å². The van der Waals surface area contributed by atoms with Crippen molar-refractivity contribution in [3.05, 3.63) is 29.8 Å². The molecular formula is C14H22N2O3S. The smallest absolute Gasteiger partial charge is 0.240 e. The minimum Gasteiger partial charge on any atom is -0.399 e. The van der Waals surface area contributed by atoms with Crippen molar-refractivity contribution in [3.63, 3.8) is 0 Å². The lowest BCUT2D eigenvalue weighted by Crippen LogP contribution is -2.41. The van der Waals surface area contributed by atoms with E-state index in [-0.39, 0.29) is 5.91 Å². The van der Waals surface area contributed by atoms with Crippen LogP contribution in [-0.4, -0.2) is 37.3 Å². The molecule has 2 N–H and O–H groups in total. The van der Waals surface area contributed by atoms with E-state index in [0.717, 1.165) is 18.2 Å². The molecule has 0 spiro atoms. The number of anilines is 1. The third kappa shape index (κ3) is 4.52. The lowest BCUT2D eigenvalue weighted by atomic mass is 10.2. The Hall–Kier alpha value is -1.56. The number of nitrogens with zero attached hydrogens (tertiary/aromatic N) is 1. The fourth-order valence-corrected chi connectivity index (χ4v) is 2.40. The van der Waals surface area contributed by atoms with Gasteiger partial charge in [0.15, 0.2) is 9.84 Å². The zero-order valence-electron chi connectivity index (χ0n) is 12.2. The lowest BCUT2D eigenvalue weighted by Gasteiger charge is -2.25. The molecule has 0 aliphatic heterocycles. The van der Waals surface area contributed by atoms with Gasteiger partial charge >= 0.3 is 0 Å². The van der Waals surface area contributed by atoms with Gasteiger partial charge in [-0.3, -0.25) is 4.79 Å². The average molecular weight is 298 g/mol. The summed E-state index contributed by atoms with van der Waals surface area (Å²) in [6.07, 6.45) is 1.85. The van der Waals surface area contributed by atoms with Crippen LogP contribution in [0.5, 0.6) is 0 Å². The van der Waals surface area contributed by atoms with Crippen molar-refractivity contribution >= 4 is 21.4 Å². The molecule has 0 aromatic heterocycles. The van der Waals surface area contributed by atoms with Crippen molar-refractivity contribution < 1.29 is 13.2 Å². The Morgan fingerprint density at radius 2 is 2.05 bits per heavy atom. The number of sulfone groups is 1. The van der Waals surface area contributed by atoms with Crippen LogP contribution in [0.25, 0.3) is 0 Å². The summed E-state index contributed by atoms with van der Waals surface area (Å²) in [5.74, 6) is -0.364. The molecule has 6 heteroatoms. The van der Waals surface area contributed by atoms with Gasteiger partial charge < -0.3 is 10.6 Å². The number of rotatable bonds is 6. The molecule has 0 saturated heterocycles. The normalized spacial score (nSPS) is 12.9. The molecule has 1 rings (SSSR count). The minimum atomic E-state index is -3.38. The first-order valence-corrected chi connectivity index (χ1v) is 8.53. The molecule has 1 amide bonds. The summed E-state index contributed by atoms with van der Waals surface area (Å²) in [7, 11) is -3.38. The zero-order chi connectivity index (χ0) is 15.3. The second kappa shape index (κ2) is 6.74. The molecule has 0 radical (unpaired) electrons. The summed E-state index contributed by atoms with van der Waals surface area (Å²) >= 11 is 0. The van der Waals surface area contributed by atoms with E-state index in [1.54, 1.807) is 17.0 Å². The Labute approximate surface area is 120 Å². The maximum atomic E-state index is 12.3. The number of nitrogens with two attached hydrogens (primary N) is 1. The molecule has 5 nitrogen and oxygen atoms in total. The van der Waals surface area contributed by atoms with Crippen LogP contribution in [0.1, 0.15) is 25.8 Å². The van der Waals surface area contributed by atoms with Gasteiger partial charge in [0.05, 0.1) is 0 Å². The summed E-state index contributed by atoms with van der Waals surface area (Å²) in [5, 5.41) is -1.02. The Morgan fingerprint density at radius 1 is 1.40 bits per heavy atom. The van der Waals surface area contributed by atoms with Gasteiger partial charge in [0.25, 0.3) is 0 Å². The molecule has 0 saturated carbocycles. The summed E-state index contributed by atoms with van der Waals surface area (Å²) in [6.45, 7) is 4.27. The third-order valence-electron chi connectivity index (χ3n) is 3.12. The van der Waals surface area contributed by atoms with Crippen LogP contribution < -0.4 is 5.73 Å². The van der Waals surface area contributed by atoms with Crippen molar-refractivity contribution in [3.8, 4) is 0 Å². The van der Waals surface area contributed by atoms with Gasteiger partial charge in [-0.25, -0.2) is 8.42 Å². The van der Waals surface area contributed by atoms with Gasteiger partial charge in [-0.1, -0.05) is 19.1 Å². The quantitative estimate of drug-likeness (QED) is 0.806. The van der Waals surface area contributed by atoms with E-state index in [4.69, 9.17) is 5.73 Å². The molecule has 1 unspecified atom stereocenters. The molecule has 0 aliphatic rings. The number of amides is 1. The molecular weight excluding hydrogens is 276 g/mol. The Kier molecular flexibility index (Phi) is 5.56. The van der Waals surface area contributed by atoms with E-state index in [1.165, 1.54) is 6.92 Å². The van der Waals surface area contributed by atoms with Gasteiger partial charge in [0.1, 0.15) is 5.25 Å². The van der Waals surface area contributed by atoms with Crippen LogP contribution in [0.15, 0.2) is 24.3 Å². The second-order valence-corrected chi connectivity index (χ2v) is 7.34. The predicted molar refractivity (Wildman–Crippen MR) is 80.9 cm³/mol. The van der Waals surface area contributed by atoms with E-state index < -0.39 is 15.1 Å². The van der Waals surface area contributed by atoms with Gasteiger partial charge in [-0.05, 0) is 31.0 Å². The zero-order valence-corrected chi connectivity index (χ0v) is 13.0. The monoisotopic (exact) mass is 298 g/mol. The standard InChI is InChI=1S/C14H22N2O3S/c1-4-8-16(14(17)11(2)20(3,18)19)10-12-6-5-7-13(15)9-12/h5-7,9,11H,4,8,10,15H2,1-3H3. The summed E-state index contributed by atoms with van der Waals surface area (Å²) in [6, 6.07) is 7.26. The largest absolute Gasteiger partial charge is 0.399 e. The van der Waals surface area contributed by atoms with Crippen LogP contribution in [-0.2, 0) is 21.2 Å². The average Bonchev–Trinajstić information content (AvgIpc) is 2.35. The number of nitrogen functional groups attached to an aromatic ring is 1. The molecule has 0 bridgehead atoms. The highest BCUT2D eigenvalue weighted by Crippen LogP contribution is 2.13. The number of carbonyl (C=O) groups is 1. The molecule has 1 aromatic rings. The fraction of sp³-hybridized carbons (Fsp3) is 0.500. The predicted octanol–water partition coefficient (Wildman–Crippen LogP) is 1.44. The molecule has 1 aromatic carbocycles. The highest BCUT2D eigenvalue weighted by molar-refractivity contribution is 7.92. The van der Waals surface area contributed by atoms with Crippen molar-refractivity contribution in [1.29, 1.82) is 0 Å². The van der Waals surface area contributed by atoms with Crippen molar-refractivity contribution in [2.45, 2.75) is 32.1 Å². The Morgan fingerprint density at radius 3 is 2.55 bits per heavy atom. The number of hydrogen-bond donors (Lipinski definition) is 1. The van der Waals surface area contributed by atoms with Gasteiger partial charge in [-0.2, -0.15) is 0 Å². The maximum absolute atomic E-state index is 12.3. The first-order chi connectivity index (χ1) is 9.25. The Bertz CT molecular complexity index is 570. The first-order valence-electron chi connectivity index (χ1n) is 6.57. The van der Waals surface area contributed by atoms with E-state index in [1.807, 2.05) is 19.1 Å². The highest BCUT2D eigenvalue weighted by atomic mass is 32.2. The van der Waals surface area contributed by atoms with E-state index in [0.29, 0.717) is 18.8 Å². The molecule has 0 heterocycles. The third-order valence-corrected chi connectivity index (χ3v) is 4.61. The van der Waals surface area contributed by atoms with Crippen LogP contribution in [0, 0.1) is 0 Å². The molecule has 0 aliphatic carbocycles. The maximum Gasteiger partial charge on any atom is 0.240 e. The van der Waals surface area contributed by atoms with Gasteiger partial charge in [0, 0.05) is 25.0 Å². The fourth-order valence-electron chi connectivity index (χ4n) is 1.89. The summed E-state index contributed by atoms with van der Waals surface area (Å²) in [4.78, 5) is 13.9. The van der Waals surface area contributed by atoms with Gasteiger partial charge in [0.2, 0.25) is 5.91 Å². The molecule has 112 valence electrons. The van der Waals surface area contributed by atoms with Crippen LogP contribution in [0.3, 0.4) is 0 Å². The van der Waals surface area contributed by atoms with Crippen LogP contribution in [0.4, 0.5) is 5.69 Å². The first kappa shape index (κ1) is 16.5.